The van der Waals surface area contributed by atoms with E-state index in [4.69, 9.17) is 7.85 Å². The Kier molecular flexibility index (Phi) is 3.26. The van der Waals surface area contributed by atoms with Crippen molar-refractivity contribution < 1.29 is 0 Å². The van der Waals surface area contributed by atoms with Crippen LogP contribution in [0.25, 0.3) is 6.08 Å². The van der Waals surface area contributed by atoms with Gasteiger partial charge in [-0.2, -0.15) is 0 Å². The van der Waals surface area contributed by atoms with Gasteiger partial charge in [0, 0.05) is 0 Å². The van der Waals surface area contributed by atoms with Gasteiger partial charge in [0.2, 0.25) is 0 Å². The highest BCUT2D eigenvalue weighted by atomic mass is 13.8. The fourth-order valence-electron chi connectivity index (χ4n) is 0.795. The zero-order chi connectivity index (χ0) is 7.94. The minimum Gasteiger partial charge on any atom is -0.132 e. The Morgan fingerprint density at radius 3 is 2.36 bits per heavy atom. The largest absolute Gasteiger partial charge is 0.132 e. The molecule has 1 aromatic carbocycles. The van der Waals surface area contributed by atoms with E-state index in [9.17, 15) is 0 Å². The monoisotopic (exact) mass is 140 g/mol. The molecule has 0 saturated carbocycles. The minimum atomic E-state index is 1.19. The molecule has 0 aliphatic rings. The van der Waals surface area contributed by atoms with Crippen molar-refractivity contribution in [1.29, 1.82) is 0 Å². The molecule has 0 unspecified atom stereocenters. The predicted octanol–water partition coefficient (Wildman–Crippen LogP) is 2.38. The van der Waals surface area contributed by atoms with Crippen LogP contribution >= 0.6 is 0 Å². The van der Waals surface area contributed by atoms with E-state index in [0.29, 0.717) is 0 Å². The Morgan fingerprint density at radius 1 is 1.00 bits per heavy atom. The lowest BCUT2D eigenvalue weighted by molar-refractivity contribution is 1.66. The molecule has 0 amide bonds. The standard InChI is InChI=1S/C10H9B/c11-9-5-4-8-10-6-2-1-3-7-10/h1-9H/b8-4+,9-5-. The Labute approximate surface area is 68.7 Å². The van der Waals surface area contributed by atoms with Gasteiger partial charge in [-0.15, -0.1) is 5.98 Å². The lowest BCUT2D eigenvalue weighted by Crippen LogP contribution is -1.66. The molecule has 1 rings (SSSR count). The number of allylic oxidation sites excluding steroid dienone is 2. The summed E-state index contributed by atoms with van der Waals surface area (Å²) >= 11 is 0. The van der Waals surface area contributed by atoms with Crippen molar-refractivity contribution in [3.63, 3.8) is 0 Å². The molecule has 1 aromatic rings. The highest BCUT2D eigenvalue weighted by molar-refractivity contribution is 6.17. The van der Waals surface area contributed by atoms with E-state index >= 15 is 0 Å². The van der Waals surface area contributed by atoms with Gasteiger partial charge < -0.3 is 0 Å². The van der Waals surface area contributed by atoms with Crippen molar-refractivity contribution in [2.24, 2.45) is 0 Å². The molecular formula is C10H9B. The summed E-state index contributed by atoms with van der Waals surface area (Å²) in [6.07, 6.45) is 5.71. The van der Waals surface area contributed by atoms with Crippen LogP contribution in [-0.2, 0) is 0 Å². The topological polar surface area (TPSA) is 0 Å². The summed E-state index contributed by atoms with van der Waals surface area (Å²) in [5.41, 5.74) is 1.19. The highest BCUT2D eigenvalue weighted by Gasteiger charge is 1.78. The average Bonchev–Trinajstić information content (AvgIpc) is 2.07. The summed E-state index contributed by atoms with van der Waals surface area (Å²) in [6, 6.07) is 10.1. The van der Waals surface area contributed by atoms with E-state index in [0.717, 1.165) is 0 Å². The quantitative estimate of drug-likeness (QED) is 0.437. The number of hydrogen-bond acceptors (Lipinski definition) is 0. The first-order valence-electron chi connectivity index (χ1n) is 3.53. The average molecular weight is 140 g/mol. The van der Waals surface area contributed by atoms with Crippen LogP contribution in [0.1, 0.15) is 5.56 Å². The molecule has 0 bridgehead atoms. The van der Waals surface area contributed by atoms with E-state index in [1.807, 2.05) is 42.5 Å². The SMILES string of the molecule is [B]/C=C\C=C\c1ccccc1. The van der Waals surface area contributed by atoms with Crippen LogP contribution in [0.5, 0.6) is 0 Å². The predicted molar refractivity (Wildman–Crippen MR) is 50.4 cm³/mol. The molecule has 0 heterocycles. The summed E-state index contributed by atoms with van der Waals surface area (Å²) in [7, 11) is 5.16. The molecular weight excluding hydrogens is 131 g/mol. The third-order valence-electron chi connectivity index (χ3n) is 1.31. The van der Waals surface area contributed by atoms with E-state index in [1.54, 1.807) is 6.08 Å². The van der Waals surface area contributed by atoms with Crippen molar-refractivity contribution in [3.8, 4) is 0 Å². The second kappa shape index (κ2) is 4.56. The van der Waals surface area contributed by atoms with Gasteiger partial charge in [0.05, 0.1) is 0 Å². The zero-order valence-electron chi connectivity index (χ0n) is 6.27. The van der Waals surface area contributed by atoms with Crippen LogP contribution in [0.15, 0.2) is 48.5 Å². The van der Waals surface area contributed by atoms with E-state index < -0.39 is 0 Å². The fraction of sp³-hybridized carbons (Fsp3) is 0. The normalized spacial score (nSPS) is 11.3. The van der Waals surface area contributed by atoms with E-state index in [-0.39, 0.29) is 0 Å². The van der Waals surface area contributed by atoms with E-state index in [1.165, 1.54) is 11.5 Å². The molecule has 0 atom stereocenters. The summed E-state index contributed by atoms with van der Waals surface area (Å²) in [4.78, 5) is 0. The highest BCUT2D eigenvalue weighted by Crippen LogP contribution is 2.00. The second-order valence-corrected chi connectivity index (χ2v) is 2.15. The van der Waals surface area contributed by atoms with Gasteiger partial charge in [-0.1, -0.05) is 48.6 Å². The molecule has 1 heteroatoms. The first-order valence-corrected chi connectivity index (χ1v) is 3.53. The van der Waals surface area contributed by atoms with Crippen LogP contribution in [-0.4, -0.2) is 7.85 Å². The van der Waals surface area contributed by atoms with E-state index in [2.05, 4.69) is 0 Å². The first-order chi connectivity index (χ1) is 5.43. The van der Waals surface area contributed by atoms with Crippen LogP contribution in [0.3, 0.4) is 0 Å². The molecule has 2 radical (unpaired) electrons. The van der Waals surface area contributed by atoms with Gasteiger partial charge >= 0.3 is 0 Å². The van der Waals surface area contributed by atoms with Crippen LogP contribution in [0.4, 0.5) is 0 Å². The Hall–Kier alpha value is -1.24. The van der Waals surface area contributed by atoms with Crippen molar-refractivity contribution >= 4 is 13.9 Å². The first kappa shape index (κ1) is 7.87. The molecule has 0 N–H and O–H groups in total. The maximum absolute atomic E-state index is 5.16. The molecule has 0 saturated heterocycles. The summed E-state index contributed by atoms with van der Waals surface area (Å²) in [6.45, 7) is 0. The zero-order valence-corrected chi connectivity index (χ0v) is 6.27. The molecule has 0 aliphatic carbocycles. The Balaban J connectivity index is 2.64. The smallest absolute Gasteiger partial charge is 0.102 e. The number of hydrogen-bond donors (Lipinski definition) is 0. The minimum absolute atomic E-state index is 1.19. The molecule has 52 valence electrons. The Bertz CT molecular complexity index is 247. The maximum atomic E-state index is 5.16. The van der Waals surface area contributed by atoms with Crippen LogP contribution < -0.4 is 0 Å². The molecule has 0 aliphatic heterocycles. The fourth-order valence-corrected chi connectivity index (χ4v) is 0.795. The summed E-state index contributed by atoms with van der Waals surface area (Å²) in [5, 5.41) is 0. The Morgan fingerprint density at radius 2 is 1.73 bits per heavy atom. The third kappa shape index (κ3) is 2.90. The van der Waals surface area contributed by atoms with Gasteiger partial charge in [0.15, 0.2) is 0 Å². The van der Waals surface area contributed by atoms with Crippen LogP contribution in [0.2, 0.25) is 0 Å². The van der Waals surface area contributed by atoms with Crippen LogP contribution in [0, 0.1) is 0 Å². The maximum Gasteiger partial charge on any atom is 0.102 e. The molecule has 0 nitrogen and oxygen atoms in total. The van der Waals surface area contributed by atoms with Gasteiger partial charge in [0.1, 0.15) is 7.85 Å². The van der Waals surface area contributed by atoms with Crippen molar-refractivity contribution in [1.82, 2.24) is 0 Å². The van der Waals surface area contributed by atoms with Gasteiger partial charge in [-0.25, -0.2) is 0 Å². The third-order valence-corrected chi connectivity index (χ3v) is 1.31. The second-order valence-electron chi connectivity index (χ2n) is 2.15. The van der Waals surface area contributed by atoms with Crippen molar-refractivity contribution in [2.45, 2.75) is 0 Å². The molecule has 0 fully saturated rings. The number of rotatable bonds is 2. The van der Waals surface area contributed by atoms with Gasteiger partial charge in [-0.3, -0.25) is 0 Å². The summed E-state index contributed by atoms with van der Waals surface area (Å²) in [5.74, 6) is 1.51. The molecule has 11 heavy (non-hydrogen) atoms. The van der Waals surface area contributed by atoms with Gasteiger partial charge in [-0.05, 0) is 5.56 Å². The number of benzene rings is 1. The van der Waals surface area contributed by atoms with Gasteiger partial charge in [0.25, 0.3) is 0 Å². The molecule has 0 aromatic heterocycles. The summed E-state index contributed by atoms with van der Waals surface area (Å²) < 4.78 is 0. The lowest BCUT2D eigenvalue weighted by Gasteiger charge is -1.87. The molecule has 0 spiro atoms. The lowest BCUT2D eigenvalue weighted by atomic mass is 10.1. The van der Waals surface area contributed by atoms with Crippen molar-refractivity contribution in [3.05, 3.63) is 54.0 Å². The van der Waals surface area contributed by atoms with Crippen molar-refractivity contribution in [2.75, 3.05) is 0 Å².